The lowest BCUT2D eigenvalue weighted by Gasteiger charge is -2.30. The number of urea groups is 1. The molecule has 0 spiro atoms. The van der Waals surface area contributed by atoms with Gasteiger partial charge in [0.05, 0.1) is 0 Å². The van der Waals surface area contributed by atoms with Crippen LogP contribution >= 0.6 is 11.6 Å². The van der Waals surface area contributed by atoms with E-state index in [-0.39, 0.29) is 18.3 Å². The van der Waals surface area contributed by atoms with E-state index in [1.807, 2.05) is 0 Å². The number of carbonyl (C=O) groups is 1. The van der Waals surface area contributed by atoms with Crippen molar-refractivity contribution in [3.63, 3.8) is 0 Å². The number of hydrogen-bond donors (Lipinski definition) is 2. The van der Waals surface area contributed by atoms with Crippen LogP contribution in [0.1, 0.15) is 11.1 Å². The highest BCUT2D eigenvalue weighted by Gasteiger charge is 2.25. The van der Waals surface area contributed by atoms with Crippen molar-refractivity contribution in [3.8, 4) is 11.1 Å². The Morgan fingerprint density at radius 3 is 2.58 bits per heavy atom. The number of amides is 2. The summed E-state index contributed by atoms with van der Waals surface area (Å²) in [5.74, 6) is -0.610. The molecule has 2 aromatic carbocycles. The van der Waals surface area contributed by atoms with E-state index < -0.39 is 6.03 Å². The van der Waals surface area contributed by atoms with Gasteiger partial charge < -0.3 is 16.4 Å². The van der Waals surface area contributed by atoms with Gasteiger partial charge in [-0.05, 0) is 35.2 Å². The van der Waals surface area contributed by atoms with Crippen LogP contribution in [0.2, 0.25) is 5.02 Å². The monoisotopic (exact) mass is 346 g/mol. The molecule has 7 heteroatoms. The summed E-state index contributed by atoms with van der Waals surface area (Å²) in [4.78, 5) is 17.2. The van der Waals surface area contributed by atoms with Crippen molar-refractivity contribution in [2.24, 2.45) is 16.5 Å². The average molecular weight is 347 g/mol. The first kappa shape index (κ1) is 16.3. The number of hydrogen-bond acceptors (Lipinski definition) is 1. The highest BCUT2D eigenvalue weighted by atomic mass is 35.5. The van der Waals surface area contributed by atoms with E-state index >= 15 is 0 Å². The van der Waals surface area contributed by atoms with Gasteiger partial charge in [-0.15, -0.1) is 0 Å². The lowest BCUT2D eigenvalue weighted by molar-refractivity contribution is 0.203. The first-order valence-corrected chi connectivity index (χ1v) is 7.79. The van der Waals surface area contributed by atoms with Crippen LogP contribution in [0.5, 0.6) is 0 Å². The zero-order valence-electron chi connectivity index (χ0n) is 12.8. The van der Waals surface area contributed by atoms with E-state index in [4.69, 9.17) is 23.1 Å². The third kappa shape index (κ3) is 3.05. The van der Waals surface area contributed by atoms with Crippen molar-refractivity contribution < 1.29 is 9.18 Å². The lowest BCUT2D eigenvalue weighted by atomic mass is 9.91. The molecule has 5 nitrogen and oxygen atoms in total. The number of benzene rings is 2. The zero-order valence-corrected chi connectivity index (χ0v) is 13.6. The second kappa shape index (κ2) is 6.49. The quantitative estimate of drug-likeness (QED) is 0.615. The zero-order chi connectivity index (χ0) is 17.3. The fraction of sp³-hybridized carbons (Fsp3) is 0.176. The highest BCUT2D eigenvalue weighted by Crippen LogP contribution is 2.35. The van der Waals surface area contributed by atoms with Gasteiger partial charge in [-0.3, -0.25) is 0 Å². The molecule has 0 unspecified atom stereocenters. The Hall–Kier alpha value is -2.60. The summed E-state index contributed by atoms with van der Waals surface area (Å²) in [6, 6.07) is 9.53. The molecule has 2 aromatic rings. The first-order valence-electron chi connectivity index (χ1n) is 7.41. The fourth-order valence-electron chi connectivity index (χ4n) is 2.91. The third-order valence-corrected chi connectivity index (χ3v) is 4.37. The molecule has 0 fully saturated rings. The standard InChI is InChI=1S/C17H16ClFN4O/c18-14-6-5-10(12-3-1-2-4-15(12)19)13-9-23(8-7-11(13)14)17(24)22-16(20)21/h1-6H,7-9H2,(H4,20,21,22,24). The van der Waals surface area contributed by atoms with Gasteiger partial charge >= 0.3 is 6.03 Å². The second-order valence-electron chi connectivity index (χ2n) is 5.52. The van der Waals surface area contributed by atoms with Crippen molar-refractivity contribution in [2.75, 3.05) is 6.54 Å². The number of fused-ring (bicyclic) bond motifs is 1. The molecule has 0 bridgehead atoms. The number of carbonyl (C=O) groups excluding carboxylic acids is 1. The molecule has 0 aromatic heterocycles. The fourth-order valence-corrected chi connectivity index (χ4v) is 3.18. The Kier molecular flexibility index (Phi) is 4.40. The van der Waals surface area contributed by atoms with Gasteiger partial charge in [-0.25, -0.2) is 9.18 Å². The predicted molar refractivity (Wildman–Crippen MR) is 92.2 cm³/mol. The van der Waals surface area contributed by atoms with Gasteiger partial charge in [0, 0.05) is 23.7 Å². The Morgan fingerprint density at radius 2 is 1.88 bits per heavy atom. The second-order valence-corrected chi connectivity index (χ2v) is 5.93. The molecule has 4 N–H and O–H groups in total. The van der Waals surface area contributed by atoms with Crippen LogP contribution in [-0.2, 0) is 13.0 Å². The minimum absolute atomic E-state index is 0.273. The molecule has 0 saturated carbocycles. The minimum Gasteiger partial charge on any atom is -0.370 e. The van der Waals surface area contributed by atoms with E-state index in [1.54, 1.807) is 30.3 Å². The SMILES string of the molecule is NC(N)=NC(=O)N1CCc2c(Cl)ccc(-c3ccccc3F)c2C1. The molecule has 1 aliphatic rings. The summed E-state index contributed by atoms with van der Waals surface area (Å²) in [7, 11) is 0. The van der Waals surface area contributed by atoms with Crippen LogP contribution in [0.15, 0.2) is 41.4 Å². The van der Waals surface area contributed by atoms with Crippen LogP contribution in [0.3, 0.4) is 0 Å². The Bertz CT molecular complexity index is 833. The van der Waals surface area contributed by atoms with Gasteiger partial charge in [-0.1, -0.05) is 35.9 Å². The summed E-state index contributed by atoms with van der Waals surface area (Å²) in [5, 5.41) is 0.610. The van der Waals surface area contributed by atoms with Crippen LogP contribution < -0.4 is 11.5 Å². The number of nitrogens with zero attached hydrogens (tertiary/aromatic N) is 2. The van der Waals surface area contributed by atoms with Crippen molar-refractivity contribution in [1.82, 2.24) is 4.90 Å². The maximum absolute atomic E-state index is 14.2. The minimum atomic E-state index is -0.514. The number of nitrogens with two attached hydrogens (primary N) is 2. The average Bonchev–Trinajstić information content (AvgIpc) is 2.55. The third-order valence-electron chi connectivity index (χ3n) is 4.01. The van der Waals surface area contributed by atoms with E-state index in [0.29, 0.717) is 23.6 Å². The number of guanidine groups is 1. The number of aliphatic imine (C=N–C) groups is 1. The smallest absolute Gasteiger partial charge is 0.347 e. The summed E-state index contributed by atoms with van der Waals surface area (Å²) < 4.78 is 14.2. The van der Waals surface area contributed by atoms with Crippen LogP contribution in [0, 0.1) is 5.82 Å². The van der Waals surface area contributed by atoms with E-state index in [9.17, 15) is 9.18 Å². The summed E-state index contributed by atoms with van der Waals surface area (Å²) in [5.41, 5.74) is 13.5. The largest absolute Gasteiger partial charge is 0.370 e. The maximum Gasteiger partial charge on any atom is 0.347 e. The molecule has 1 heterocycles. The van der Waals surface area contributed by atoms with Crippen LogP contribution in [0.4, 0.5) is 9.18 Å². The molecule has 1 aliphatic heterocycles. The van der Waals surface area contributed by atoms with Gasteiger partial charge in [0.15, 0.2) is 5.96 Å². The summed E-state index contributed by atoms with van der Waals surface area (Å²) in [6.45, 7) is 0.720. The molecule has 124 valence electrons. The van der Waals surface area contributed by atoms with Crippen molar-refractivity contribution in [3.05, 3.63) is 58.4 Å². The van der Waals surface area contributed by atoms with Crippen molar-refractivity contribution >= 4 is 23.6 Å². The van der Waals surface area contributed by atoms with Crippen LogP contribution in [0.25, 0.3) is 11.1 Å². The van der Waals surface area contributed by atoms with E-state index in [2.05, 4.69) is 4.99 Å². The molecular weight excluding hydrogens is 331 g/mol. The Labute approximate surface area is 143 Å². The van der Waals surface area contributed by atoms with Gasteiger partial charge in [0.25, 0.3) is 0 Å². The van der Waals surface area contributed by atoms with Gasteiger partial charge in [0.2, 0.25) is 0 Å². The molecule has 0 aliphatic carbocycles. The van der Waals surface area contributed by atoms with E-state index in [0.717, 1.165) is 16.7 Å². The summed E-state index contributed by atoms with van der Waals surface area (Å²) >= 11 is 6.29. The lowest BCUT2D eigenvalue weighted by Crippen LogP contribution is -2.36. The van der Waals surface area contributed by atoms with Crippen molar-refractivity contribution in [1.29, 1.82) is 0 Å². The molecular formula is C17H16ClFN4O. The predicted octanol–water partition coefficient (Wildman–Crippen LogP) is 2.90. The molecule has 24 heavy (non-hydrogen) atoms. The summed E-state index contributed by atoms with van der Waals surface area (Å²) in [6.07, 6.45) is 0.558. The molecule has 2 amide bonds. The molecule has 0 atom stereocenters. The molecule has 0 saturated heterocycles. The van der Waals surface area contributed by atoms with E-state index in [1.165, 1.54) is 11.0 Å². The normalized spacial score (nSPS) is 13.3. The maximum atomic E-state index is 14.2. The molecule has 3 rings (SSSR count). The topological polar surface area (TPSA) is 84.7 Å². The Balaban J connectivity index is 2.06. The highest BCUT2D eigenvalue weighted by molar-refractivity contribution is 6.31. The molecule has 0 radical (unpaired) electrons. The van der Waals surface area contributed by atoms with Crippen LogP contribution in [-0.4, -0.2) is 23.4 Å². The number of halogens is 2. The van der Waals surface area contributed by atoms with Gasteiger partial charge in [0.1, 0.15) is 5.82 Å². The first-order chi connectivity index (χ1) is 11.5. The van der Waals surface area contributed by atoms with Crippen molar-refractivity contribution in [2.45, 2.75) is 13.0 Å². The number of rotatable bonds is 1. The Morgan fingerprint density at radius 1 is 1.12 bits per heavy atom. The van der Waals surface area contributed by atoms with Gasteiger partial charge in [-0.2, -0.15) is 4.99 Å².